The number of halogens is 2. The summed E-state index contributed by atoms with van der Waals surface area (Å²) in [5.41, 5.74) is 3.10. The third kappa shape index (κ3) is 4.56. The van der Waals surface area contributed by atoms with Crippen LogP contribution in [0.3, 0.4) is 0 Å². The van der Waals surface area contributed by atoms with Crippen LogP contribution in [0.15, 0.2) is 35.1 Å². The summed E-state index contributed by atoms with van der Waals surface area (Å²) in [6, 6.07) is 5.64. The molecule has 1 unspecified atom stereocenters. The summed E-state index contributed by atoms with van der Waals surface area (Å²) < 4.78 is 2.73. The van der Waals surface area contributed by atoms with Crippen molar-refractivity contribution in [1.29, 1.82) is 0 Å². The van der Waals surface area contributed by atoms with Crippen molar-refractivity contribution in [3.63, 3.8) is 0 Å². The lowest BCUT2D eigenvalue weighted by molar-refractivity contribution is -0.123. The Morgan fingerprint density at radius 1 is 1.45 bits per heavy atom. The fraction of sp³-hybridized carbons (Fsp3) is 0.333. The molecule has 2 N–H and O–H groups in total. The van der Waals surface area contributed by atoms with E-state index in [1.54, 1.807) is 17.9 Å². The van der Waals surface area contributed by atoms with E-state index < -0.39 is 6.04 Å². The second kappa shape index (κ2) is 8.31. The number of hydrogen-bond acceptors (Lipinski definition) is 3. The molecule has 0 saturated carbocycles. The van der Waals surface area contributed by atoms with Gasteiger partial charge in [0.05, 0.1) is 6.20 Å². The normalized spacial score (nSPS) is 11.6. The van der Waals surface area contributed by atoms with Gasteiger partial charge in [-0.05, 0) is 37.2 Å². The maximum atomic E-state index is 12.3. The second-order valence-electron chi connectivity index (χ2n) is 4.96. The number of likely N-dealkylation sites (N-methyl/N-ethyl adjacent to an activating group) is 1. The molecule has 1 amide bonds. The van der Waals surface area contributed by atoms with E-state index in [1.165, 1.54) is 0 Å². The van der Waals surface area contributed by atoms with Crippen LogP contribution in [0.5, 0.6) is 0 Å². The van der Waals surface area contributed by atoms with E-state index in [9.17, 15) is 4.79 Å². The van der Waals surface area contributed by atoms with Crippen molar-refractivity contribution in [3.05, 3.63) is 51.8 Å². The van der Waals surface area contributed by atoms with Gasteiger partial charge in [0, 0.05) is 29.8 Å². The van der Waals surface area contributed by atoms with Crippen LogP contribution in [-0.4, -0.2) is 22.7 Å². The monoisotopic (exact) mass is 386 g/mol. The minimum absolute atomic E-state index is 0. The van der Waals surface area contributed by atoms with Gasteiger partial charge in [0.15, 0.2) is 0 Å². The molecular weight excluding hydrogens is 368 g/mol. The van der Waals surface area contributed by atoms with Crippen LogP contribution in [0.1, 0.15) is 22.7 Å². The van der Waals surface area contributed by atoms with Crippen molar-refractivity contribution in [2.75, 3.05) is 7.05 Å². The Morgan fingerprint density at radius 2 is 2.18 bits per heavy atom. The number of benzene rings is 1. The lowest BCUT2D eigenvalue weighted by Crippen LogP contribution is -2.35. The number of carbonyl (C=O) groups excluding carboxylic acids is 1. The van der Waals surface area contributed by atoms with Crippen molar-refractivity contribution in [3.8, 4) is 0 Å². The molecule has 120 valence electrons. The Labute approximate surface area is 145 Å². The molecule has 5 nitrogen and oxygen atoms in total. The van der Waals surface area contributed by atoms with Crippen molar-refractivity contribution >= 4 is 34.2 Å². The number of aromatic nitrogens is 2. The van der Waals surface area contributed by atoms with Crippen molar-refractivity contribution < 1.29 is 4.79 Å². The number of nitrogens with one attached hydrogen (secondary N) is 2. The van der Waals surface area contributed by atoms with Crippen molar-refractivity contribution in [2.45, 2.75) is 19.5 Å². The van der Waals surface area contributed by atoms with E-state index in [2.05, 4.69) is 31.7 Å². The molecule has 1 aromatic carbocycles. The smallest absolute Gasteiger partial charge is 0.242 e. The van der Waals surface area contributed by atoms with Gasteiger partial charge in [-0.1, -0.05) is 22.0 Å². The van der Waals surface area contributed by atoms with Gasteiger partial charge in [-0.25, -0.2) is 0 Å². The summed E-state index contributed by atoms with van der Waals surface area (Å²) >= 11 is 3.44. The molecule has 2 aromatic rings. The zero-order valence-electron chi connectivity index (χ0n) is 12.8. The SMILES string of the molecule is CNC(C(=O)NCc1ccc(Br)cc1C)c1cnn(C)c1.Cl. The Hall–Kier alpha value is -1.37. The first-order valence-corrected chi connectivity index (χ1v) is 7.49. The van der Waals surface area contributed by atoms with Crippen LogP contribution >= 0.6 is 28.3 Å². The summed E-state index contributed by atoms with van der Waals surface area (Å²) in [6.07, 6.45) is 3.54. The second-order valence-corrected chi connectivity index (χ2v) is 5.87. The van der Waals surface area contributed by atoms with Crippen molar-refractivity contribution in [2.24, 2.45) is 7.05 Å². The van der Waals surface area contributed by atoms with E-state index in [0.717, 1.165) is 21.2 Å². The molecule has 7 heteroatoms. The number of amides is 1. The fourth-order valence-electron chi connectivity index (χ4n) is 2.18. The zero-order valence-corrected chi connectivity index (χ0v) is 15.2. The van der Waals surface area contributed by atoms with E-state index >= 15 is 0 Å². The molecule has 0 bridgehead atoms. The van der Waals surface area contributed by atoms with Crippen molar-refractivity contribution in [1.82, 2.24) is 20.4 Å². The highest BCUT2D eigenvalue weighted by Crippen LogP contribution is 2.16. The van der Waals surface area contributed by atoms with Gasteiger partial charge < -0.3 is 10.6 Å². The Balaban J connectivity index is 0.00000242. The summed E-state index contributed by atoms with van der Waals surface area (Å²) in [4.78, 5) is 12.3. The summed E-state index contributed by atoms with van der Waals surface area (Å²) in [5.74, 6) is -0.0622. The molecule has 2 rings (SSSR count). The largest absolute Gasteiger partial charge is 0.350 e. The topological polar surface area (TPSA) is 59.0 Å². The summed E-state index contributed by atoms with van der Waals surface area (Å²) in [5, 5.41) is 10.1. The summed E-state index contributed by atoms with van der Waals surface area (Å²) in [7, 11) is 3.60. The molecule has 1 heterocycles. The van der Waals surface area contributed by atoms with Gasteiger partial charge in [0.2, 0.25) is 5.91 Å². The Bertz CT molecular complexity index is 644. The van der Waals surface area contributed by atoms with E-state index in [0.29, 0.717) is 6.54 Å². The van der Waals surface area contributed by atoms with Gasteiger partial charge >= 0.3 is 0 Å². The third-order valence-corrected chi connectivity index (χ3v) is 3.86. The number of carbonyl (C=O) groups is 1. The van der Waals surface area contributed by atoms with Gasteiger partial charge in [-0.3, -0.25) is 9.48 Å². The average molecular weight is 388 g/mol. The molecule has 0 aliphatic heterocycles. The predicted molar refractivity (Wildman–Crippen MR) is 93.0 cm³/mol. The molecule has 0 aliphatic rings. The molecular formula is C15H20BrClN4O. The summed E-state index contributed by atoms with van der Waals surface area (Å²) in [6.45, 7) is 2.54. The highest BCUT2D eigenvalue weighted by molar-refractivity contribution is 9.10. The highest BCUT2D eigenvalue weighted by atomic mass is 79.9. The highest BCUT2D eigenvalue weighted by Gasteiger charge is 2.19. The number of nitrogens with zero attached hydrogens (tertiary/aromatic N) is 2. The lowest BCUT2D eigenvalue weighted by atomic mass is 10.1. The first-order chi connectivity index (χ1) is 10.0. The van der Waals surface area contributed by atoms with E-state index in [4.69, 9.17) is 0 Å². The van der Waals surface area contributed by atoms with Crippen LogP contribution in [0.25, 0.3) is 0 Å². The molecule has 1 aromatic heterocycles. The number of aryl methyl sites for hydroxylation is 2. The lowest BCUT2D eigenvalue weighted by Gasteiger charge is -2.15. The molecule has 0 saturated heterocycles. The van der Waals surface area contributed by atoms with Crippen LogP contribution in [-0.2, 0) is 18.4 Å². The Morgan fingerprint density at radius 3 is 2.73 bits per heavy atom. The van der Waals surface area contributed by atoms with Crippen LogP contribution in [0.2, 0.25) is 0 Å². The fourth-order valence-corrected chi connectivity index (χ4v) is 2.66. The first kappa shape index (κ1) is 18.7. The van der Waals surface area contributed by atoms with Gasteiger partial charge in [-0.15, -0.1) is 12.4 Å². The van der Waals surface area contributed by atoms with E-state index in [-0.39, 0.29) is 18.3 Å². The first-order valence-electron chi connectivity index (χ1n) is 6.70. The molecule has 0 spiro atoms. The zero-order chi connectivity index (χ0) is 15.4. The van der Waals surface area contributed by atoms with E-state index in [1.807, 2.05) is 38.4 Å². The minimum atomic E-state index is -0.394. The number of rotatable bonds is 5. The standard InChI is InChI=1S/C15H19BrN4O.ClH/c1-10-6-13(16)5-4-11(10)7-18-15(21)14(17-2)12-8-19-20(3)9-12;/h4-6,8-9,14,17H,7H2,1-3H3,(H,18,21);1H. The van der Waals surface area contributed by atoms with Crippen LogP contribution in [0, 0.1) is 6.92 Å². The Kier molecular flexibility index (Phi) is 7.06. The minimum Gasteiger partial charge on any atom is -0.350 e. The maximum Gasteiger partial charge on any atom is 0.242 e. The molecule has 1 atom stereocenters. The molecule has 22 heavy (non-hydrogen) atoms. The average Bonchev–Trinajstić information content (AvgIpc) is 2.85. The molecule has 0 radical (unpaired) electrons. The maximum absolute atomic E-state index is 12.3. The van der Waals surface area contributed by atoms with Crippen LogP contribution < -0.4 is 10.6 Å². The third-order valence-electron chi connectivity index (χ3n) is 3.37. The number of hydrogen-bond donors (Lipinski definition) is 2. The van der Waals surface area contributed by atoms with Crippen LogP contribution in [0.4, 0.5) is 0 Å². The van der Waals surface area contributed by atoms with Gasteiger partial charge in [0.25, 0.3) is 0 Å². The predicted octanol–water partition coefficient (Wildman–Crippen LogP) is 2.49. The quantitative estimate of drug-likeness (QED) is 0.829. The van der Waals surface area contributed by atoms with Gasteiger partial charge in [0.1, 0.15) is 6.04 Å². The molecule has 0 fully saturated rings. The van der Waals surface area contributed by atoms with Gasteiger partial charge in [-0.2, -0.15) is 5.10 Å². The molecule has 0 aliphatic carbocycles.